The Balaban J connectivity index is 1.73. The van der Waals surface area contributed by atoms with Crippen molar-refractivity contribution in [3.8, 4) is 0 Å². The van der Waals surface area contributed by atoms with Gasteiger partial charge in [-0.15, -0.1) is 11.3 Å². The molecule has 8 heteroatoms. The van der Waals surface area contributed by atoms with Gasteiger partial charge in [-0.3, -0.25) is 9.59 Å². The molecule has 0 unspecified atom stereocenters. The van der Waals surface area contributed by atoms with Gasteiger partial charge >= 0.3 is 0 Å². The fraction of sp³-hybridized carbons (Fsp3) is 0.263. The van der Waals surface area contributed by atoms with Gasteiger partial charge in [0.25, 0.3) is 11.5 Å². The molecule has 0 atom stereocenters. The van der Waals surface area contributed by atoms with E-state index in [1.165, 1.54) is 10.9 Å². The van der Waals surface area contributed by atoms with Gasteiger partial charge in [0.2, 0.25) is 5.71 Å². The molecular weight excluding hydrogens is 364 g/mol. The molecule has 7 nitrogen and oxygen atoms in total. The first-order valence-electron chi connectivity index (χ1n) is 8.51. The van der Waals surface area contributed by atoms with Crippen molar-refractivity contribution < 1.29 is 9.21 Å². The molecule has 4 aromatic rings. The lowest BCUT2D eigenvalue weighted by Crippen LogP contribution is -2.20. The monoisotopic (exact) mass is 382 g/mol. The number of nitrogens with zero attached hydrogens (tertiary/aromatic N) is 3. The number of furan rings is 1. The third-order valence-electron chi connectivity index (χ3n) is 4.33. The Bertz CT molecular complexity index is 1250. The number of aryl methyl sites for hydroxylation is 2. The van der Waals surface area contributed by atoms with Gasteiger partial charge in [-0.2, -0.15) is 0 Å². The van der Waals surface area contributed by atoms with Crippen molar-refractivity contribution in [1.82, 2.24) is 14.5 Å². The zero-order valence-electron chi connectivity index (χ0n) is 15.4. The summed E-state index contributed by atoms with van der Waals surface area (Å²) in [5.41, 5.74) is 1.61. The molecule has 0 radical (unpaired) electrons. The van der Waals surface area contributed by atoms with Crippen LogP contribution in [0.15, 0.2) is 33.7 Å². The van der Waals surface area contributed by atoms with Crippen molar-refractivity contribution in [2.24, 2.45) is 7.05 Å². The Hall–Kier alpha value is -3.00. The van der Waals surface area contributed by atoms with E-state index >= 15 is 0 Å². The summed E-state index contributed by atoms with van der Waals surface area (Å²) >= 11 is 1.61. The second kappa shape index (κ2) is 6.31. The van der Waals surface area contributed by atoms with Crippen molar-refractivity contribution >= 4 is 44.2 Å². The number of hydrogen-bond acceptors (Lipinski definition) is 6. The molecule has 4 rings (SSSR count). The van der Waals surface area contributed by atoms with E-state index in [0.29, 0.717) is 17.4 Å². The quantitative estimate of drug-likeness (QED) is 0.582. The summed E-state index contributed by atoms with van der Waals surface area (Å²) in [6, 6.07) is 5.58. The summed E-state index contributed by atoms with van der Waals surface area (Å²) in [6.45, 7) is 5.85. The highest BCUT2D eigenvalue weighted by atomic mass is 32.1. The molecule has 0 aliphatic rings. The standard InChI is InChI=1S/C19H18N4O3S/c1-9(2)18-22-12-6-5-11(7-13(12)27-18)21-16(24)14-10(3)26-17-15(14)19(25)23(4)8-20-17/h5-9H,1-4H3,(H,21,24). The molecule has 0 saturated heterocycles. The van der Waals surface area contributed by atoms with E-state index in [9.17, 15) is 9.59 Å². The molecule has 0 bridgehead atoms. The van der Waals surface area contributed by atoms with E-state index in [0.717, 1.165) is 15.2 Å². The number of carbonyl (C=O) groups excluding carboxylic acids is 1. The number of carbonyl (C=O) groups is 1. The summed E-state index contributed by atoms with van der Waals surface area (Å²) in [5, 5.41) is 4.10. The van der Waals surface area contributed by atoms with Gasteiger partial charge in [-0.25, -0.2) is 9.97 Å². The number of fused-ring (bicyclic) bond motifs is 2. The smallest absolute Gasteiger partial charge is 0.265 e. The van der Waals surface area contributed by atoms with Crippen LogP contribution >= 0.6 is 11.3 Å². The highest BCUT2D eigenvalue weighted by Crippen LogP contribution is 2.30. The topological polar surface area (TPSA) is 90.0 Å². The summed E-state index contributed by atoms with van der Waals surface area (Å²) in [7, 11) is 1.59. The van der Waals surface area contributed by atoms with Gasteiger partial charge in [-0.1, -0.05) is 13.8 Å². The Morgan fingerprint density at radius 3 is 2.85 bits per heavy atom. The lowest BCUT2D eigenvalue weighted by molar-refractivity contribution is 0.102. The predicted molar refractivity (Wildman–Crippen MR) is 106 cm³/mol. The number of amides is 1. The SMILES string of the molecule is Cc1oc2ncn(C)c(=O)c2c1C(=O)Nc1ccc2nc(C(C)C)sc2c1. The average molecular weight is 382 g/mol. The molecular formula is C19H18N4O3S. The number of benzene rings is 1. The number of nitrogens with one attached hydrogen (secondary N) is 1. The van der Waals surface area contributed by atoms with Gasteiger partial charge in [0.15, 0.2) is 0 Å². The fourth-order valence-corrected chi connectivity index (χ4v) is 3.93. The molecule has 1 N–H and O–H groups in total. The number of aromatic nitrogens is 3. The van der Waals surface area contributed by atoms with E-state index < -0.39 is 5.91 Å². The molecule has 3 heterocycles. The van der Waals surface area contributed by atoms with Gasteiger partial charge in [-0.05, 0) is 25.1 Å². The number of thiazole rings is 1. The third-order valence-corrected chi connectivity index (χ3v) is 5.65. The summed E-state index contributed by atoms with van der Waals surface area (Å²) in [4.78, 5) is 34.0. The van der Waals surface area contributed by atoms with Crippen LogP contribution in [-0.4, -0.2) is 20.4 Å². The first-order chi connectivity index (χ1) is 12.8. The van der Waals surface area contributed by atoms with E-state index in [1.807, 2.05) is 12.1 Å². The van der Waals surface area contributed by atoms with Crippen LogP contribution in [0.25, 0.3) is 21.3 Å². The van der Waals surface area contributed by atoms with Crippen molar-refractivity contribution in [3.05, 3.63) is 51.2 Å². The molecule has 1 aromatic carbocycles. The zero-order valence-corrected chi connectivity index (χ0v) is 16.2. The third kappa shape index (κ3) is 2.91. The van der Waals surface area contributed by atoms with Crippen LogP contribution in [0.2, 0.25) is 0 Å². The molecule has 1 amide bonds. The maximum absolute atomic E-state index is 12.9. The van der Waals surface area contributed by atoms with Gasteiger partial charge < -0.3 is 14.3 Å². The normalized spacial score (nSPS) is 11.6. The minimum Gasteiger partial charge on any atom is -0.442 e. The van der Waals surface area contributed by atoms with Crippen molar-refractivity contribution in [2.45, 2.75) is 26.7 Å². The fourth-order valence-electron chi connectivity index (χ4n) is 2.92. The number of rotatable bonds is 3. The average Bonchev–Trinajstić information content (AvgIpc) is 3.18. The highest BCUT2D eigenvalue weighted by Gasteiger charge is 2.22. The van der Waals surface area contributed by atoms with Crippen LogP contribution in [0.4, 0.5) is 5.69 Å². The lowest BCUT2D eigenvalue weighted by Gasteiger charge is -2.05. The largest absolute Gasteiger partial charge is 0.442 e. The summed E-state index contributed by atoms with van der Waals surface area (Å²) in [6.07, 6.45) is 1.37. The van der Waals surface area contributed by atoms with E-state index in [2.05, 4.69) is 29.1 Å². The maximum Gasteiger partial charge on any atom is 0.265 e. The Labute approximate surface area is 158 Å². The van der Waals surface area contributed by atoms with Crippen molar-refractivity contribution in [1.29, 1.82) is 0 Å². The molecule has 0 aliphatic carbocycles. The van der Waals surface area contributed by atoms with E-state index in [-0.39, 0.29) is 22.2 Å². The molecule has 0 fully saturated rings. The zero-order chi connectivity index (χ0) is 19.3. The van der Waals surface area contributed by atoms with Crippen molar-refractivity contribution in [3.63, 3.8) is 0 Å². The minimum absolute atomic E-state index is 0.167. The van der Waals surface area contributed by atoms with E-state index in [4.69, 9.17) is 4.42 Å². The van der Waals surface area contributed by atoms with Crippen molar-refractivity contribution in [2.75, 3.05) is 5.32 Å². The highest BCUT2D eigenvalue weighted by molar-refractivity contribution is 7.18. The predicted octanol–water partition coefficient (Wildman–Crippen LogP) is 3.82. The van der Waals surface area contributed by atoms with Gasteiger partial charge in [0.05, 0.1) is 20.8 Å². The van der Waals surface area contributed by atoms with Gasteiger partial charge in [0.1, 0.15) is 17.5 Å². The van der Waals surface area contributed by atoms with Crippen LogP contribution in [0.5, 0.6) is 0 Å². The van der Waals surface area contributed by atoms with Crippen LogP contribution in [0, 0.1) is 6.92 Å². The second-order valence-corrected chi connectivity index (χ2v) is 7.78. The Morgan fingerprint density at radius 1 is 1.33 bits per heavy atom. The van der Waals surface area contributed by atoms with Crippen LogP contribution in [0.3, 0.4) is 0 Å². The van der Waals surface area contributed by atoms with Crippen LogP contribution in [0.1, 0.15) is 40.9 Å². The minimum atomic E-state index is -0.399. The first kappa shape index (κ1) is 17.4. The molecule has 3 aromatic heterocycles. The lowest BCUT2D eigenvalue weighted by atomic mass is 10.1. The summed E-state index contributed by atoms with van der Waals surface area (Å²) < 4.78 is 7.83. The Kier molecular flexibility index (Phi) is 4.07. The van der Waals surface area contributed by atoms with Crippen LogP contribution in [-0.2, 0) is 7.05 Å². The first-order valence-corrected chi connectivity index (χ1v) is 9.33. The Morgan fingerprint density at radius 2 is 2.11 bits per heavy atom. The molecule has 0 aliphatic heterocycles. The number of hydrogen-bond donors (Lipinski definition) is 1. The molecule has 0 spiro atoms. The summed E-state index contributed by atoms with van der Waals surface area (Å²) in [5.74, 6) is 0.313. The molecule has 27 heavy (non-hydrogen) atoms. The van der Waals surface area contributed by atoms with Gasteiger partial charge in [0, 0.05) is 18.7 Å². The maximum atomic E-state index is 12.9. The van der Waals surface area contributed by atoms with Crippen LogP contribution < -0.4 is 10.9 Å². The number of anilines is 1. The second-order valence-electron chi connectivity index (χ2n) is 6.72. The molecule has 0 saturated carbocycles. The van der Waals surface area contributed by atoms with E-state index in [1.54, 1.807) is 31.4 Å². The molecule has 138 valence electrons.